The molecule has 2 N–H and O–H groups in total. The number of imide groups is 1. The van der Waals surface area contributed by atoms with Gasteiger partial charge in [0.2, 0.25) is 0 Å². The molecule has 3 aromatic carbocycles. The number of methoxy groups -OCH3 is 1. The van der Waals surface area contributed by atoms with Gasteiger partial charge in [-0.3, -0.25) is 14.4 Å². The number of nitrogens with one attached hydrogen (secondary N) is 2. The molecule has 0 unspecified atom stereocenters. The van der Waals surface area contributed by atoms with Crippen molar-refractivity contribution in [3.05, 3.63) is 93.1 Å². The van der Waals surface area contributed by atoms with Gasteiger partial charge in [0.15, 0.2) is 0 Å². The van der Waals surface area contributed by atoms with Crippen LogP contribution in [0.4, 0.5) is 17.1 Å². The first kappa shape index (κ1) is 23.6. The molecule has 34 heavy (non-hydrogen) atoms. The molecular weight excluding hydrogens is 501 g/mol. The lowest BCUT2D eigenvalue weighted by atomic mass is 10.2. The highest BCUT2D eigenvalue weighted by molar-refractivity contribution is 6.53. The van der Waals surface area contributed by atoms with Gasteiger partial charge in [-0.15, -0.1) is 0 Å². The lowest BCUT2D eigenvalue weighted by Crippen LogP contribution is -2.32. The number of anilines is 3. The minimum Gasteiger partial charge on any atom is -0.497 e. The zero-order valence-electron chi connectivity index (χ0n) is 17.6. The fourth-order valence-corrected chi connectivity index (χ4v) is 3.99. The highest BCUT2D eigenvalue weighted by Crippen LogP contribution is 2.33. The molecule has 1 aliphatic heterocycles. The van der Waals surface area contributed by atoms with Crippen LogP contribution in [-0.4, -0.2) is 24.8 Å². The summed E-state index contributed by atoms with van der Waals surface area (Å²) in [5.41, 5.74) is 1.53. The zero-order chi connectivity index (χ0) is 24.4. The molecular formula is C24H16Cl3N3O4. The van der Waals surface area contributed by atoms with Gasteiger partial charge in [-0.2, -0.15) is 0 Å². The minimum absolute atomic E-state index is 0.101. The summed E-state index contributed by atoms with van der Waals surface area (Å²) in [6.45, 7) is 0. The fraction of sp³-hybridized carbons (Fsp3) is 0.0417. The summed E-state index contributed by atoms with van der Waals surface area (Å²) in [6, 6.07) is 17.7. The van der Waals surface area contributed by atoms with Crippen molar-refractivity contribution in [3.63, 3.8) is 0 Å². The number of nitrogens with zero attached hydrogens (tertiary/aromatic N) is 1. The lowest BCUT2D eigenvalue weighted by Gasteiger charge is -2.16. The fourth-order valence-electron chi connectivity index (χ4n) is 3.27. The third-order valence-electron chi connectivity index (χ3n) is 4.88. The van der Waals surface area contributed by atoms with Gasteiger partial charge in [-0.05, 0) is 54.6 Å². The second-order valence-corrected chi connectivity index (χ2v) is 8.40. The van der Waals surface area contributed by atoms with Crippen LogP contribution in [0.5, 0.6) is 5.75 Å². The number of hydrogen-bond donors (Lipinski definition) is 2. The highest BCUT2D eigenvalue weighted by Gasteiger charge is 2.39. The maximum atomic E-state index is 12.9. The largest absolute Gasteiger partial charge is 0.497 e. The number of benzene rings is 3. The maximum absolute atomic E-state index is 12.9. The summed E-state index contributed by atoms with van der Waals surface area (Å²) in [5, 5.41) is 5.89. The molecule has 0 bridgehead atoms. The molecule has 0 radical (unpaired) electrons. The van der Waals surface area contributed by atoms with E-state index in [0.717, 1.165) is 4.90 Å². The van der Waals surface area contributed by atoms with E-state index in [1.54, 1.807) is 55.6 Å². The number of ether oxygens (including phenoxy) is 1. The normalized spacial score (nSPS) is 13.4. The predicted octanol–water partition coefficient (Wildman–Crippen LogP) is 5.69. The van der Waals surface area contributed by atoms with Gasteiger partial charge in [0, 0.05) is 33.0 Å². The van der Waals surface area contributed by atoms with E-state index >= 15 is 0 Å². The van der Waals surface area contributed by atoms with E-state index in [0.29, 0.717) is 22.7 Å². The Balaban J connectivity index is 1.49. The third-order valence-corrected chi connectivity index (χ3v) is 5.66. The number of carbonyl (C=O) groups excluding carboxylic acids is 3. The van der Waals surface area contributed by atoms with E-state index in [-0.39, 0.29) is 32.4 Å². The van der Waals surface area contributed by atoms with Crippen molar-refractivity contribution < 1.29 is 19.1 Å². The van der Waals surface area contributed by atoms with Crippen LogP contribution in [0.25, 0.3) is 0 Å². The molecule has 0 aliphatic carbocycles. The quantitative estimate of drug-likeness (QED) is 0.411. The Morgan fingerprint density at radius 1 is 0.853 bits per heavy atom. The Morgan fingerprint density at radius 3 is 2.18 bits per heavy atom. The summed E-state index contributed by atoms with van der Waals surface area (Å²) in [5.74, 6) is -1.07. The van der Waals surface area contributed by atoms with Gasteiger partial charge in [0.05, 0.1) is 12.8 Å². The summed E-state index contributed by atoms with van der Waals surface area (Å²) in [6.07, 6.45) is 0. The van der Waals surface area contributed by atoms with Crippen LogP contribution in [0.3, 0.4) is 0 Å². The third kappa shape index (κ3) is 4.87. The molecule has 0 saturated carbocycles. The van der Waals surface area contributed by atoms with Crippen molar-refractivity contribution >= 4 is 69.6 Å². The zero-order valence-corrected chi connectivity index (χ0v) is 19.8. The number of halogens is 3. The molecule has 3 amide bonds. The smallest absolute Gasteiger partial charge is 0.283 e. The van der Waals surface area contributed by atoms with Crippen LogP contribution in [0.15, 0.2) is 77.5 Å². The van der Waals surface area contributed by atoms with E-state index in [2.05, 4.69) is 10.6 Å². The van der Waals surface area contributed by atoms with Crippen LogP contribution in [0, 0.1) is 0 Å². The number of hydrogen-bond acceptors (Lipinski definition) is 5. The Labute approximate surface area is 209 Å². The van der Waals surface area contributed by atoms with E-state index < -0.39 is 11.8 Å². The average Bonchev–Trinajstić information content (AvgIpc) is 3.02. The molecule has 1 heterocycles. The minimum atomic E-state index is -0.707. The molecule has 4 rings (SSSR count). The first-order chi connectivity index (χ1) is 16.3. The number of amides is 3. The Morgan fingerprint density at radius 2 is 1.53 bits per heavy atom. The Bertz CT molecular complexity index is 1320. The van der Waals surface area contributed by atoms with Gasteiger partial charge in [0.25, 0.3) is 17.7 Å². The molecule has 0 atom stereocenters. The number of rotatable bonds is 6. The molecule has 0 fully saturated rings. The lowest BCUT2D eigenvalue weighted by molar-refractivity contribution is -0.120. The molecule has 0 spiro atoms. The van der Waals surface area contributed by atoms with Crippen LogP contribution in [0.1, 0.15) is 10.4 Å². The van der Waals surface area contributed by atoms with Crippen LogP contribution in [-0.2, 0) is 9.59 Å². The molecule has 10 heteroatoms. The van der Waals surface area contributed by atoms with Crippen molar-refractivity contribution in [2.45, 2.75) is 0 Å². The molecule has 7 nitrogen and oxygen atoms in total. The summed E-state index contributed by atoms with van der Waals surface area (Å²) in [4.78, 5) is 39.0. The SMILES string of the molecule is COc1cccc(NC(=O)c2ccc(NC3=C(Cl)C(=O)N(c4cc(Cl)cc(Cl)c4)C3=O)cc2)c1. The monoisotopic (exact) mass is 515 g/mol. The van der Waals surface area contributed by atoms with Gasteiger partial charge >= 0.3 is 0 Å². The summed E-state index contributed by atoms with van der Waals surface area (Å²) >= 11 is 18.2. The van der Waals surface area contributed by atoms with Gasteiger partial charge < -0.3 is 15.4 Å². The standard InChI is InChI=1S/C24H16Cl3N3O4/c1-34-19-4-2-3-17(12-19)29-22(31)13-5-7-16(8-6-13)28-21-20(27)23(32)30(24(21)33)18-10-14(25)9-15(26)11-18/h2-12,28H,1H3,(H,29,31). The molecule has 3 aromatic rings. The van der Waals surface area contributed by atoms with Crippen LogP contribution < -0.4 is 20.3 Å². The highest BCUT2D eigenvalue weighted by atomic mass is 35.5. The average molecular weight is 517 g/mol. The van der Waals surface area contributed by atoms with Gasteiger partial charge in [-0.25, -0.2) is 4.90 Å². The summed E-state index contributed by atoms with van der Waals surface area (Å²) in [7, 11) is 1.54. The van der Waals surface area contributed by atoms with Gasteiger partial charge in [-0.1, -0.05) is 40.9 Å². The van der Waals surface area contributed by atoms with E-state index in [1.807, 2.05) is 0 Å². The van der Waals surface area contributed by atoms with Crippen molar-refractivity contribution in [3.8, 4) is 5.75 Å². The second kappa shape index (κ2) is 9.77. The Hall–Kier alpha value is -3.52. The molecule has 0 saturated heterocycles. The number of carbonyl (C=O) groups is 3. The van der Waals surface area contributed by atoms with E-state index in [4.69, 9.17) is 39.5 Å². The molecule has 172 valence electrons. The Kier molecular flexibility index (Phi) is 6.79. The second-order valence-electron chi connectivity index (χ2n) is 7.15. The van der Waals surface area contributed by atoms with Crippen molar-refractivity contribution in [1.29, 1.82) is 0 Å². The van der Waals surface area contributed by atoms with E-state index in [9.17, 15) is 14.4 Å². The predicted molar refractivity (Wildman–Crippen MR) is 133 cm³/mol. The first-order valence-corrected chi connectivity index (χ1v) is 11.0. The van der Waals surface area contributed by atoms with Crippen LogP contribution >= 0.6 is 34.8 Å². The van der Waals surface area contributed by atoms with Crippen molar-refractivity contribution in [1.82, 2.24) is 0 Å². The molecule has 0 aromatic heterocycles. The van der Waals surface area contributed by atoms with Gasteiger partial charge in [0.1, 0.15) is 16.5 Å². The topological polar surface area (TPSA) is 87.7 Å². The maximum Gasteiger partial charge on any atom is 0.283 e. The van der Waals surface area contributed by atoms with E-state index in [1.165, 1.54) is 18.2 Å². The van der Waals surface area contributed by atoms with Crippen LogP contribution in [0.2, 0.25) is 10.0 Å². The first-order valence-electron chi connectivity index (χ1n) is 9.84. The molecule has 1 aliphatic rings. The van der Waals surface area contributed by atoms with Crippen molar-refractivity contribution in [2.24, 2.45) is 0 Å². The van der Waals surface area contributed by atoms with Crippen molar-refractivity contribution in [2.75, 3.05) is 22.6 Å². The summed E-state index contributed by atoms with van der Waals surface area (Å²) < 4.78 is 5.15.